The first-order valence-electron chi connectivity index (χ1n) is 11.7. The van der Waals surface area contributed by atoms with Crippen LogP contribution in [-0.4, -0.2) is 41.2 Å². The van der Waals surface area contributed by atoms with Crippen molar-refractivity contribution in [3.63, 3.8) is 0 Å². The Hall–Kier alpha value is -4.53. The van der Waals surface area contributed by atoms with E-state index in [1.165, 1.54) is 7.11 Å². The molecule has 9 nitrogen and oxygen atoms in total. The van der Waals surface area contributed by atoms with Crippen molar-refractivity contribution in [3.8, 4) is 40.3 Å². The first-order valence-corrected chi connectivity index (χ1v) is 11.7. The summed E-state index contributed by atoms with van der Waals surface area (Å²) in [7, 11) is 1.52. The Morgan fingerprint density at radius 2 is 1.81 bits per heavy atom. The molecular formula is C27H26N4O5. The number of hydrogen-bond acceptors (Lipinski definition) is 7. The molecule has 0 saturated heterocycles. The summed E-state index contributed by atoms with van der Waals surface area (Å²) in [5, 5.41) is 7.37. The Balaban J connectivity index is 1.31. The number of nitrogens with one attached hydrogen (secondary N) is 1. The van der Waals surface area contributed by atoms with Crippen molar-refractivity contribution >= 4 is 11.6 Å². The van der Waals surface area contributed by atoms with E-state index in [1.807, 2.05) is 54.6 Å². The molecule has 4 aromatic rings. The molecule has 0 atom stereocenters. The van der Waals surface area contributed by atoms with Crippen LogP contribution in [0.5, 0.6) is 23.3 Å². The summed E-state index contributed by atoms with van der Waals surface area (Å²) in [5.74, 6) is 2.48. The Kier molecular flexibility index (Phi) is 6.70. The minimum atomic E-state index is -0.202. The van der Waals surface area contributed by atoms with E-state index in [2.05, 4.69) is 22.3 Å². The number of amides is 1. The number of ether oxygens (including phenoxy) is 4. The van der Waals surface area contributed by atoms with Crippen LogP contribution in [0.2, 0.25) is 0 Å². The number of rotatable bonds is 9. The van der Waals surface area contributed by atoms with Crippen LogP contribution >= 0.6 is 0 Å². The van der Waals surface area contributed by atoms with Gasteiger partial charge in [-0.15, -0.1) is 5.10 Å². The standard InChI is InChI=1S/C27H26N4O5/c1-3-4-15-34-22-12-5-18(6-13-22)26(32)28-20-8-10-21(11-9-20)31-25(29-27(30-31)33-2)19-7-14-23-24(16-19)36-17-35-23/h5-14,16H,3-4,15,17H2,1-2H3,(H,28,32). The van der Waals surface area contributed by atoms with Gasteiger partial charge in [0.25, 0.3) is 5.91 Å². The van der Waals surface area contributed by atoms with E-state index in [0.717, 1.165) is 29.8 Å². The fourth-order valence-corrected chi connectivity index (χ4v) is 3.71. The topological polar surface area (TPSA) is 96.7 Å². The van der Waals surface area contributed by atoms with Crippen molar-refractivity contribution in [2.45, 2.75) is 19.8 Å². The maximum Gasteiger partial charge on any atom is 0.336 e. The maximum absolute atomic E-state index is 12.7. The van der Waals surface area contributed by atoms with Crippen molar-refractivity contribution in [2.75, 3.05) is 25.8 Å². The monoisotopic (exact) mass is 486 g/mol. The van der Waals surface area contributed by atoms with Crippen LogP contribution in [0.1, 0.15) is 30.1 Å². The molecule has 0 radical (unpaired) electrons. The van der Waals surface area contributed by atoms with Gasteiger partial charge in [0.05, 0.1) is 19.4 Å². The molecule has 5 rings (SSSR count). The van der Waals surface area contributed by atoms with Crippen LogP contribution in [-0.2, 0) is 0 Å². The number of anilines is 1. The van der Waals surface area contributed by atoms with E-state index < -0.39 is 0 Å². The number of aromatic nitrogens is 3. The van der Waals surface area contributed by atoms with Gasteiger partial charge in [-0.2, -0.15) is 4.98 Å². The van der Waals surface area contributed by atoms with E-state index in [0.29, 0.717) is 35.2 Å². The average Bonchev–Trinajstić information content (AvgIpc) is 3.56. The predicted octanol–water partition coefficient (Wildman–Crippen LogP) is 5.10. The lowest BCUT2D eigenvalue weighted by Crippen LogP contribution is -2.12. The van der Waals surface area contributed by atoms with Gasteiger partial charge in [-0.1, -0.05) is 13.3 Å². The first kappa shape index (κ1) is 23.2. The number of unbranched alkanes of at least 4 members (excludes halogenated alkanes) is 1. The van der Waals surface area contributed by atoms with Crippen LogP contribution in [0.15, 0.2) is 66.7 Å². The normalized spacial score (nSPS) is 11.8. The lowest BCUT2D eigenvalue weighted by Gasteiger charge is -2.09. The van der Waals surface area contributed by atoms with E-state index in [-0.39, 0.29) is 18.7 Å². The zero-order valence-corrected chi connectivity index (χ0v) is 20.1. The van der Waals surface area contributed by atoms with Gasteiger partial charge < -0.3 is 24.3 Å². The smallest absolute Gasteiger partial charge is 0.336 e. The highest BCUT2D eigenvalue weighted by molar-refractivity contribution is 6.04. The molecule has 1 aliphatic heterocycles. The summed E-state index contributed by atoms with van der Waals surface area (Å²) in [5.41, 5.74) is 2.76. The maximum atomic E-state index is 12.7. The molecule has 3 aromatic carbocycles. The van der Waals surface area contributed by atoms with Crippen LogP contribution in [0, 0.1) is 0 Å². The van der Waals surface area contributed by atoms with E-state index >= 15 is 0 Å². The van der Waals surface area contributed by atoms with Gasteiger partial charge in [0.1, 0.15) is 5.75 Å². The van der Waals surface area contributed by atoms with Gasteiger partial charge in [0.2, 0.25) is 6.79 Å². The quantitative estimate of drug-likeness (QED) is 0.329. The highest BCUT2D eigenvalue weighted by Crippen LogP contribution is 2.36. The third-order valence-electron chi connectivity index (χ3n) is 5.65. The number of carbonyl (C=O) groups excluding carboxylic acids is 1. The van der Waals surface area contributed by atoms with E-state index in [9.17, 15) is 4.79 Å². The minimum Gasteiger partial charge on any atom is -0.494 e. The van der Waals surface area contributed by atoms with Crippen molar-refractivity contribution in [1.82, 2.24) is 14.8 Å². The Bertz CT molecular complexity index is 1350. The summed E-state index contributed by atoms with van der Waals surface area (Å²) in [6.07, 6.45) is 2.07. The number of nitrogens with zero attached hydrogens (tertiary/aromatic N) is 3. The Morgan fingerprint density at radius 1 is 1.03 bits per heavy atom. The molecule has 9 heteroatoms. The van der Waals surface area contributed by atoms with Gasteiger partial charge in [0.15, 0.2) is 17.3 Å². The fraction of sp³-hybridized carbons (Fsp3) is 0.222. The molecule has 1 aromatic heterocycles. The second kappa shape index (κ2) is 10.4. The van der Waals surface area contributed by atoms with Gasteiger partial charge in [-0.25, -0.2) is 4.68 Å². The lowest BCUT2D eigenvalue weighted by molar-refractivity contribution is 0.102. The highest BCUT2D eigenvalue weighted by atomic mass is 16.7. The van der Waals surface area contributed by atoms with Crippen LogP contribution in [0.4, 0.5) is 5.69 Å². The average molecular weight is 487 g/mol. The molecule has 1 N–H and O–H groups in total. The van der Waals surface area contributed by atoms with Crippen LogP contribution in [0.25, 0.3) is 17.1 Å². The summed E-state index contributed by atoms with van der Waals surface area (Å²) in [6, 6.07) is 20.3. The fourth-order valence-electron chi connectivity index (χ4n) is 3.71. The second-order valence-electron chi connectivity index (χ2n) is 8.13. The zero-order chi connectivity index (χ0) is 24.9. The minimum absolute atomic E-state index is 0.193. The van der Waals surface area contributed by atoms with E-state index in [4.69, 9.17) is 18.9 Å². The largest absolute Gasteiger partial charge is 0.494 e. The van der Waals surface area contributed by atoms with Crippen LogP contribution in [0.3, 0.4) is 0 Å². The molecule has 2 heterocycles. The van der Waals surface area contributed by atoms with Crippen molar-refractivity contribution < 1.29 is 23.7 Å². The molecule has 36 heavy (non-hydrogen) atoms. The third-order valence-corrected chi connectivity index (χ3v) is 5.65. The second-order valence-corrected chi connectivity index (χ2v) is 8.13. The molecular weight excluding hydrogens is 460 g/mol. The van der Waals surface area contributed by atoms with Gasteiger partial charge in [0, 0.05) is 16.8 Å². The lowest BCUT2D eigenvalue weighted by atomic mass is 10.2. The van der Waals surface area contributed by atoms with Crippen molar-refractivity contribution in [1.29, 1.82) is 0 Å². The number of fused-ring (bicyclic) bond motifs is 1. The third kappa shape index (κ3) is 4.95. The molecule has 0 unspecified atom stereocenters. The summed E-state index contributed by atoms with van der Waals surface area (Å²) >= 11 is 0. The number of benzene rings is 3. The number of carbonyl (C=O) groups is 1. The summed E-state index contributed by atoms with van der Waals surface area (Å²) in [6.45, 7) is 2.98. The molecule has 0 saturated carbocycles. The molecule has 0 aliphatic carbocycles. The molecule has 1 aliphatic rings. The molecule has 0 fully saturated rings. The Morgan fingerprint density at radius 3 is 2.56 bits per heavy atom. The van der Waals surface area contributed by atoms with Crippen molar-refractivity contribution in [3.05, 3.63) is 72.3 Å². The van der Waals surface area contributed by atoms with Gasteiger partial charge in [-0.3, -0.25) is 4.79 Å². The van der Waals surface area contributed by atoms with Crippen molar-refractivity contribution in [2.24, 2.45) is 0 Å². The molecule has 184 valence electrons. The Labute approximate surface area is 208 Å². The molecule has 0 bridgehead atoms. The van der Waals surface area contributed by atoms with E-state index in [1.54, 1.807) is 16.8 Å². The number of hydrogen-bond donors (Lipinski definition) is 1. The predicted molar refractivity (Wildman–Crippen MR) is 134 cm³/mol. The zero-order valence-electron chi connectivity index (χ0n) is 20.1. The van der Waals surface area contributed by atoms with Gasteiger partial charge in [-0.05, 0) is 73.2 Å². The summed E-state index contributed by atoms with van der Waals surface area (Å²) in [4.78, 5) is 17.2. The molecule has 1 amide bonds. The first-order chi connectivity index (χ1) is 17.6. The SMILES string of the molecule is CCCCOc1ccc(C(=O)Nc2ccc(-n3nc(OC)nc3-c3ccc4c(c3)OCO4)cc2)cc1. The molecule has 0 spiro atoms. The van der Waals surface area contributed by atoms with Crippen LogP contribution < -0.4 is 24.3 Å². The number of methoxy groups -OCH3 is 1. The van der Waals surface area contributed by atoms with Gasteiger partial charge >= 0.3 is 6.01 Å². The highest BCUT2D eigenvalue weighted by Gasteiger charge is 2.19. The summed E-state index contributed by atoms with van der Waals surface area (Å²) < 4.78 is 23.5.